The van der Waals surface area contributed by atoms with Gasteiger partial charge in [0, 0.05) is 30.6 Å². The lowest BCUT2D eigenvalue weighted by atomic mass is 9.90. The van der Waals surface area contributed by atoms with Gasteiger partial charge in [-0.15, -0.1) is 11.3 Å². The van der Waals surface area contributed by atoms with E-state index in [-0.39, 0.29) is 12.6 Å². The van der Waals surface area contributed by atoms with E-state index in [1.165, 1.54) is 15.3 Å². The van der Waals surface area contributed by atoms with Gasteiger partial charge >= 0.3 is 6.09 Å². The van der Waals surface area contributed by atoms with Crippen LogP contribution in [0, 0.1) is 0 Å². The molecule has 1 fully saturated rings. The third-order valence-electron chi connectivity index (χ3n) is 6.09. The number of aliphatic hydroxyl groups is 1. The van der Waals surface area contributed by atoms with E-state index in [4.69, 9.17) is 5.11 Å². The van der Waals surface area contributed by atoms with Crippen molar-refractivity contribution in [3.05, 3.63) is 16.8 Å². The monoisotopic (exact) mass is 390 g/mol. The van der Waals surface area contributed by atoms with Crippen LogP contribution in [0.1, 0.15) is 54.9 Å². The summed E-state index contributed by atoms with van der Waals surface area (Å²) in [7, 11) is 1.66. The summed E-state index contributed by atoms with van der Waals surface area (Å²) in [6, 6.07) is 0.403. The van der Waals surface area contributed by atoms with Crippen LogP contribution in [0.15, 0.2) is 6.33 Å². The Balaban J connectivity index is 1.53. The number of nitrogens with one attached hydrogen (secondary N) is 1. The molecule has 2 heterocycles. The number of thiophene rings is 1. The number of aliphatic hydroxyl groups excluding tert-OH is 1. The van der Waals surface area contributed by atoms with Crippen LogP contribution < -0.4 is 5.32 Å². The highest BCUT2D eigenvalue weighted by atomic mass is 32.1. The van der Waals surface area contributed by atoms with Crippen molar-refractivity contribution in [1.82, 2.24) is 14.9 Å². The maximum absolute atomic E-state index is 11.2. The number of carboxylic acid groups (broad SMARTS) is 1. The third kappa shape index (κ3) is 3.48. The number of carbonyl (C=O) groups is 1. The van der Waals surface area contributed by atoms with Crippen molar-refractivity contribution in [2.45, 2.75) is 62.9 Å². The predicted octanol–water partition coefficient (Wildman–Crippen LogP) is 3.44. The zero-order chi connectivity index (χ0) is 19.0. The Bertz CT molecular complexity index is 832. The van der Waals surface area contributed by atoms with Crippen LogP contribution in [0.4, 0.5) is 10.6 Å². The molecule has 0 bridgehead atoms. The molecule has 1 saturated carbocycles. The maximum atomic E-state index is 11.2. The van der Waals surface area contributed by atoms with E-state index in [9.17, 15) is 9.90 Å². The molecule has 146 valence electrons. The predicted molar refractivity (Wildman–Crippen MR) is 106 cm³/mol. The summed E-state index contributed by atoms with van der Waals surface area (Å²) in [5.74, 6) is 1.29. The molecule has 4 rings (SSSR count). The SMILES string of the molecule is CN(C(=O)O)C1CCC(Nc2ncnc3sc4c(c23)[C@@H](CCO)CC4)CC1. The summed E-state index contributed by atoms with van der Waals surface area (Å²) in [6.45, 7) is 0.207. The summed E-state index contributed by atoms with van der Waals surface area (Å²) in [6.07, 6.45) is 7.31. The Morgan fingerprint density at radius 1 is 1.30 bits per heavy atom. The number of hydrogen-bond donors (Lipinski definition) is 3. The Kier molecular flexibility index (Phi) is 5.19. The number of aryl methyl sites for hydroxylation is 1. The van der Waals surface area contributed by atoms with Crippen LogP contribution in [-0.4, -0.2) is 56.9 Å². The van der Waals surface area contributed by atoms with Crippen molar-refractivity contribution < 1.29 is 15.0 Å². The average molecular weight is 391 g/mol. The van der Waals surface area contributed by atoms with Gasteiger partial charge in [0.15, 0.2) is 0 Å². The molecule has 2 aliphatic rings. The lowest BCUT2D eigenvalue weighted by Gasteiger charge is -2.33. The van der Waals surface area contributed by atoms with Gasteiger partial charge in [-0.05, 0) is 56.4 Å². The Morgan fingerprint density at radius 3 is 2.78 bits per heavy atom. The van der Waals surface area contributed by atoms with Crippen LogP contribution in [0.25, 0.3) is 10.2 Å². The lowest BCUT2D eigenvalue weighted by Crippen LogP contribution is -2.40. The minimum absolute atomic E-state index is 0.102. The fraction of sp³-hybridized carbons (Fsp3) is 0.632. The topological polar surface area (TPSA) is 98.6 Å². The second kappa shape index (κ2) is 7.59. The Hall–Kier alpha value is -1.93. The van der Waals surface area contributed by atoms with Crippen molar-refractivity contribution in [3.63, 3.8) is 0 Å². The molecule has 0 saturated heterocycles. The highest BCUT2D eigenvalue weighted by Gasteiger charge is 2.31. The fourth-order valence-electron chi connectivity index (χ4n) is 4.58. The molecule has 8 heteroatoms. The zero-order valence-corrected chi connectivity index (χ0v) is 16.3. The summed E-state index contributed by atoms with van der Waals surface area (Å²) in [5, 5.41) is 23.3. The maximum Gasteiger partial charge on any atom is 0.407 e. The summed E-state index contributed by atoms with van der Waals surface area (Å²) in [5.41, 5.74) is 1.34. The van der Waals surface area contributed by atoms with Crippen molar-refractivity contribution >= 4 is 33.5 Å². The minimum Gasteiger partial charge on any atom is -0.465 e. The molecule has 3 N–H and O–H groups in total. The second-order valence-corrected chi connectivity index (χ2v) is 8.72. The van der Waals surface area contributed by atoms with Crippen molar-refractivity contribution in [1.29, 1.82) is 0 Å². The average Bonchev–Trinajstić information content (AvgIpc) is 3.22. The van der Waals surface area contributed by atoms with E-state index in [0.717, 1.165) is 61.0 Å². The molecule has 0 spiro atoms. The van der Waals surface area contributed by atoms with Crippen LogP contribution in [0.2, 0.25) is 0 Å². The van der Waals surface area contributed by atoms with E-state index in [1.807, 2.05) is 0 Å². The van der Waals surface area contributed by atoms with Gasteiger partial charge in [0.2, 0.25) is 0 Å². The van der Waals surface area contributed by atoms with Crippen LogP contribution in [0.5, 0.6) is 0 Å². The van der Waals surface area contributed by atoms with Crippen molar-refractivity contribution in [2.24, 2.45) is 0 Å². The first-order valence-electron chi connectivity index (χ1n) is 9.68. The molecule has 1 atom stereocenters. The number of rotatable bonds is 5. The Morgan fingerprint density at radius 2 is 2.07 bits per heavy atom. The van der Waals surface area contributed by atoms with Crippen molar-refractivity contribution in [2.75, 3.05) is 19.0 Å². The van der Waals surface area contributed by atoms with E-state index < -0.39 is 6.09 Å². The highest BCUT2D eigenvalue weighted by molar-refractivity contribution is 7.19. The van der Waals surface area contributed by atoms with E-state index in [2.05, 4.69) is 15.3 Å². The largest absolute Gasteiger partial charge is 0.465 e. The van der Waals surface area contributed by atoms with Gasteiger partial charge in [-0.3, -0.25) is 0 Å². The molecule has 2 aliphatic carbocycles. The quantitative estimate of drug-likeness (QED) is 0.723. The van der Waals surface area contributed by atoms with Crippen LogP contribution >= 0.6 is 11.3 Å². The normalized spacial score (nSPS) is 24.7. The molecule has 0 aromatic carbocycles. The molecule has 0 aliphatic heterocycles. The summed E-state index contributed by atoms with van der Waals surface area (Å²) in [4.78, 5) is 24.0. The molecule has 2 aromatic rings. The van der Waals surface area contributed by atoms with Gasteiger partial charge in [0.25, 0.3) is 0 Å². The first kappa shape index (κ1) is 18.4. The van der Waals surface area contributed by atoms with Crippen LogP contribution in [-0.2, 0) is 6.42 Å². The van der Waals surface area contributed by atoms with Gasteiger partial charge < -0.3 is 20.4 Å². The minimum atomic E-state index is -0.854. The van der Waals surface area contributed by atoms with E-state index in [0.29, 0.717) is 12.0 Å². The third-order valence-corrected chi connectivity index (χ3v) is 7.27. The standard InChI is InChI=1S/C19H26N4O3S/c1-23(19(25)26)13-5-3-12(4-6-13)22-17-16-15-11(8-9-24)2-7-14(15)27-18(16)21-10-20-17/h10-13,24H,2-9H2,1H3,(H,25,26)(H,20,21,22)/t11-,12?,13?/m1/s1. The molecule has 0 unspecified atom stereocenters. The second-order valence-electron chi connectivity index (χ2n) is 7.63. The number of nitrogens with zero attached hydrogens (tertiary/aromatic N) is 3. The van der Waals surface area contributed by atoms with Crippen molar-refractivity contribution in [3.8, 4) is 0 Å². The van der Waals surface area contributed by atoms with Crippen LogP contribution in [0.3, 0.4) is 0 Å². The number of hydrogen-bond acceptors (Lipinski definition) is 6. The molecule has 7 nitrogen and oxygen atoms in total. The van der Waals surface area contributed by atoms with Gasteiger partial charge in [0.1, 0.15) is 17.0 Å². The Labute approximate surface area is 162 Å². The zero-order valence-electron chi connectivity index (χ0n) is 15.5. The summed E-state index contributed by atoms with van der Waals surface area (Å²) >= 11 is 1.76. The molecular weight excluding hydrogens is 364 g/mol. The van der Waals surface area contributed by atoms with E-state index >= 15 is 0 Å². The van der Waals surface area contributed by atoms with E-state index in [1.54, 1.807) is 24.7 Å². The van der Waals surface area contributed by atoms with Gasteiger partial charge in [-0.25, -0.2) is 14.8 Å². The van der Waals surface area contributed by atoms with Gasteiger partial charge in [0.05, 0.1) is 5.39 Å². The number of aromatic nitrogens is 2. The molecule has 2 aromatic heterocycles. The number of anilines is 1. The fourth-order valence-corrected chi connectivity index (χ4v) is 5.82. The first-order chi connectivity index (χ1) is 13.1. The molecule has 0 radical (unpaired) electrons. The number of amides is 1. The molecule has 1 amide bonds. The summed E-state index contributed by atoms with van der Waals surface area (Å²) < 4.78 is 0. The highest BCUT2D eigenvalue weighted by Crippen LogP contribution is 2.46. The first-order valence-corrected chi connectivity index (χ1v) is 10.5. The lowest BCUT2D eigenvalue weighted by molar-refractivity contribution is 0.125. The molecule has 27 heavy (non-hydrogen) atoms. The van der Waals surface area contributed by atoms with Gasteiger partial charge in [-0.1, -0.05) is 0 Å². The molecular formula is C19H26N4O3S. The van der Waals surface area contributed by atoms with Gasteiger partial charge in [-0.2, -0.15) is 0 Å². The number of fused-ring (bicyclic) bond motifs is 3. The smallest absolute Gasteiger partial charge is 0.407 e.